The van der Waals surface area contributed by atoms with Gasteiger partial charge >= 0.3 is 0 Å². The van der Waals surface area contributed by atoms with Crippen molar-refractivity contribution < 1.29 is 4.74 Å². The van der Waals surface area contributed by atoms with Crippen LogP contribution in [0.25, 0.3) is 0 Å². The van der Waals surface area contributed by atoms with E-state index in [1.807, 2.05) is 0 Å². The molecule has 1 heteroatoms. The predicted octanol–water partition coefficient (Wildman–Crippen LogP) is 4.19. The molecule has 94 valence electrons. The van der Waals surface area contributed by atoms with Crippen LogP contribution in [0, 0.1) is 10.8 Å². The van der Waals surface area contributed by atoms with Gasteiger partial charge in [0, 0.05) is 11.3 Å². The monoisotopic (exact) mass is 240 g/mol. The molecule has 2 heterocycles. The number of hydrogen-bond acceptors (Lipinski definition) is 1. The third kappa shape index (κ3) is 0.741. The third-order valence-electron chi connectivity index (χ3n) is 6.70. The maximum absolute atomic E-state index is 6.58. The Kier molecular flexibility index (Phi) is 1.42. The Morgan fingerprint density at radius 3 is 2.67 bits per heavy atom. The molecule has 4 atom stereocenters. The van der Waals surface area contributed by atoms with E-state index in [1.165, 1.54) is 31.2 Å². The maximum Gasteiger partial charge on any atom is 0.0842 e. The maximum atomic E-state index is 6.58. The highest BCUT2D eigenvalue weighted by atomic mass is 16.5. The normalized spacial score (nSPS) is 49.4. The highest BCUT2D eigenvalue weighted by Gasteiger charge is 2.88. The lowest BCUT2D eigenvalue weighted by Gasteiger charge is -2.40. The van der Waals surface area contributed by atoms with Gasteiger partial charge in [0.05, 0.1) is 11.7 Å². The smallest absolute Gasteiger partial charge is 0.0842 e. The molecular weight excluding hydrogens is 220 g/mol. The highest BCUT2D eigenvalue weighted by molar-refractivity contribution is 5.55. The second-order valence-electron chi connectivity index (χ2n) is 7.47. The van der Waals surface area contributed by atoms with E-state index in [1.54, 1.807) is 5.56 Å². The summed E-state index contributed by atoms with van der Waals surface area (Å²) >= 11 is 0. The molecular formula is C17H20O. The Morgan fingerprint density at radius 1 is 1.11 bits per heavy atom. The summed E-state index contributed by atoms with van der Waals surface area (Å²) in [5.74, 6) is 0.698. The molecule has 3 aliphatic carbocycles. The molecule has 4 bridgehead atoms. The lowest BCUT2D eigenvalue weighted by molar-refractivity contribution is -0.0339. The molecule has 18 heavy (non-hydrogen) atoms. The summed E-state index contributed by atoms with van der Waals surface area (Å²) in [4.78, 5) is 0. The van der Waals surface area contributed by atoms with E-state index in [-0.39, 0.29) is 5.60 Å². The molecule has 6 rings (SSSR count). The van der Waals surface area contributed by atoms with Crippen LogP contribution < -0.4 is 0 Å². The SMILES string of the molecule is CC1(C)CCC[C@@]23O[C@H]4C[C@@]12C3c1ccccc14. The van der Waals surface area contributed by atoms with Gasteiger partial charge < -0.3 is 4.74 Å². The van der Waals surface area contributed by atoms with E-state index >= 15 is 0 Å². The van der Waals surface area contributed by atoms with Gasteiger partial charge in [-0.2, -0.15) is 0 Å². The third-order valence-corrected chi connectivity index (χ3v) is 6.70. The van der Waals surface area contributed by atoms with Gasteiger partial charge in [0.25, 0.3) is 0 Å². The van der Waals surface area contributed by atoms with Crippen LogP contribution in [0.3, 0.4) is 0 Å². The average molecular weight is 240 g/mol. The summed E-state index contributed by atoms with van der Waals surface area (Å²) in [7, 11) is 0. The van der Waals surface area contributed by atoms with Crippen molar-refractivity contribution in [2.24, 2.45) is 10.8 Å². The standard InChI is InChI=1S/C17H20O/c1-15(2)8-5-9-17-14-12-7-4-3-6-11(12)13(18-17)10-16(14,15)17/h3-4,6-7,13-14H,5,8-10H2,1-2H3/t13-,14?,16+,17-/m0/s1. The summed E-state index contributed by atoms with van der Waals surface area (Å²) in [6.45, 7) is 4.97. The molecule has 2 saturated carbocycles. The zero-order valence-electron chi connectivity index (χ0n) is 11.2. The second-order valence-corrected chi connectivity index (χ2v) is 7.47. The largest absolute Gasteiger partial charge is 0.366 e. The van der Waals surface area contributed by atoms with E-state index in [0.29, 0.717) is 22.9 Å². The van der Waals surface area contributed by atoms with E-state index < -0.39 is 0 Å². The lowest BCUT2D eigenvalue weighted by atomic mass is 9.63. The number of rotatable bonds is 0. The van der Waals surface area contributed by atoms with Gasteiger partial charge in [-0.15, -0.1) is 0 Å². The fraction of sp³-hybridized carbons (Fsp3) is 0.647. The molecule has 1 aromatic rings. The molecule has 0 aromatic heterocycles. The lowest BCUT2D eigenvalue weighted by Crippen LogP contribution is -2.35. The molecule has 1 nitrogen and oxygen atoms in total. The van der Waals surface area contributed by atoms with Gasteiger partial charge in [-0.1, -0.05) is 38.1 Å². The van der Waals surface area contributed by atoms with Crippen LogP contribution in [0.1, 0.15) is 62.7 Å². The van der Waals surface area contributed by atoms with E-state index in [0.717, 1.165) is 0 Å². The Bertz CT molecular complexity index is 560. The van der Waals surface area contributed by atoms with Gasteiger partial charge in [-0.3, -0.25) is 0 Å². The molecule has 1 aromatic carbocycles. The van der Waals surface area contributed by atoms with Crippen LogP contribution in [0.4, 0.5) is 0 Å². The summed E-state index contributed by atoms with van der Waals surface area (Å²) < 4.78 is 6.58. The quantitative estimate of drug-likeness (QED) is 0.660. The van der Waals surface area contributed by atoms with Crippen molar-refractivity contribution in [1.29, 1.82) is 0 Å². The van der Waals surface area contributed by atoms with Crippen molar-refractivity contribution in [1.82, 2.24) is 0 Å². The molecule has 1 saturated heterocycles. The molecule has 5 aliphatic rings. The van der Waals surface area contributed by atoms with Crippen molar-refractivity contribution in [2.45, 2.75) is 57.2 Å². The van der Waals surface area contributed by atoms with Crippen LogP contribution in [0.5, 0.6) is 0 Å². The van der Waals surface area contributed by atoms with E-state index in [2.05, 4.69) is 38.1 Å². The Labute approximate surface area is 109 Å². The van der Waals surface area contributed by atoms with E-state index in [4.69, 9.17) is 4.74 Å². The van der Waals surface area contributed by atoms with Crippen molar-refractivity contribution in [3.63, 3.8) is 0 Å². The van der Waals surface area contributed by atoms with Crippen LogP contribution in [-0.4, -0.2) is 5.60 Å². The summed E-state index contributed by atoms with van der Waals surface area (Å²) in [6.07, 6.45) is 5.70. The van der Waals surface area contributed by atoms with Crippen molar-refractivity contribution >= 4 is 0 Å². The molecule has 2 spiro atoms. The molecule has 2 aliphatic heterocycles. The van der Waals surface area contributed by atoms with Gasteiger partial charge in [-0.05, 0) is 42.2 Å². The van der Waals surface area contributed by atoms with Crippen molar-refractivity contribution in [2.75, 3.05) is 0 Å². The van der Waals surface area contributed by atoms with Crippen LogP contribution >= 0.6 is 0 Å². The first-order valence-electron chi connectivity index (χ1n) is 7.39. The van der Waals surface area contributed by atoms with Gasteiger partial charge in [0.1, 0.15) is 0 Å². The Balaban J connectivity index is 1.78. The molecule has 3 fully saturated rings. The first kappa shape index (κ1) is 10.0. The summed E-state index contributed by atoms with van der Waals surface area (Å²) in [5.41, 5.74) is 4.27. The van der Waals surface area contributed by atoms with Crippen LogP contribution in [0.2, 0.25) is 0 Å². The fourth-order valence-electron chi connectivity index (χ4n) is 6.06. The minimum Gasteiger partial charge on any atom is -0.366 e. The highest BCUT2D eigenvalue weighted by Crippen LogP contribution is 2.90. The zero-order chi connectivity index (χ0) is 12.2. The zero-order valence-corrected chi connectivity index (χ0v) is 11.2. The van der Waals surface area contributed by atoms with E-state index in [9.17, 15) is 0 Å². The number of hydrogen-bond donors (Lipinski definition) is 0. The molecule has 0 N–H and O–H groups in total. The summed E-state index contributed by atoms with van der Waals surface area (Å²) in [6, 6.07) is 9.04. The first-order chi connectivity index (χ1) is 8.62. The minimum atomic E-state index is 0.230. The molecule has 0 radical (unpaired) electrons. The van der Waals surface area contributed by atoms with Crippen LogP contribution in [0.15, 0.2) is 24.3 Å². The van der Waals surface area contributed by atoms with Crippen molar-refractivity contribution in [3.8, 4) is 0 Å². The average Bonchev–Trinajstić information content (AvgIpc) is 2.83. The topological polar surface area (TPSA) is 9.23 Å². The van der Waals surface area contributed by atoms with Gasteiger partial charge in [-0.25, -0.2) is 0 Å². The van der Waals surface area contributed by atoms with Crippen molar-refractivity contribution in [3.05, 3.63) is 35.4 Å². The number of ether oxygens (including phenoxy) is 1. The first-order valence-corrected chi connectivity index (χ1v) is 7.39. The minimum absolute atomic E-state index is 0.230. The molecule has 0 amide bonds. The fourth-order valence-corrected chi connectivity index (χ4v) is 6.06. The van der Waals surface area contributed by atoms with Crippen LogP contribution in [-0.2, 0) is 4.74 Å². The van der Waals surface area contributed by atoms with Gasteiger partial charge in [0.2, 0.25) is 0 Å². The van der Waals surface area contributed by atoms with Gasteiger partial charge in [0.15, 0.2) is 0 Å². The molecule has 1 unspecified atom stereocenters. The predicted molar refractivity (Wildman–Crippen MR) is 70.4 cm³/mol. The summed E-state index contributed by atoms with van der Waals surface area (Å²) in [5, 5.41) is 0. The Morgan fingerprint density at radius 2 is 1.89 bits per heavy atom. The Hall–Kier alpha value is -0.820. The second kappa shape index (κ2) is 2.56. The number of benzene rings is 1.